The van der Waals surface area contributed by atoms with Gasteiger partial charge in [-0.1, -0.05) is 29.8 Å². The molecular weight excluding hydrogens is 302 g/mol. The number of aromatic nitrogens is 1. The zero-order valence-corrected chi connectivity index (χ0v) is 12.8. The summed E-state index contributed by atoms with van der Waals surface area (Å²) >= 11 is 3.19. The Morgan fingerprint density at radius 1 is 1.28 bits per heavy atom. The monoisotopic (exact) mass is 319 g/mol. The first-order chi connectivity index (χ1) is 8.65. The van der Waals surface area contributed by atoms with Gasteiger partial charge in [0.05, 0.1) is 21.3 Å². The maximum absolute atomic E-state index is 11.4. The molecule has 0 saturated heterocycles. The largest absolute Gasteiger partial charge is 0.493 e. The van der Waals surface area contributed by atoms with Crippen molar-refractivity contribution in [3.8, 4) is 11.5 Å². The average Bonchev–Trinajstić information content (AvgIpc) is 2.46. The Bertz CT molecular complexity index is 384. The number of esters is 1. The average molecular weight is 320 g/mol. The van der Waals surface area contributed by atoms with Crippen molar-refractivity contribution in [2.24, 2.45) is 0 Å². The minimum absolute atomic E-state index is 0.414. The summed E-state index contributed by atoms with van der Waals surface area (Å²) in [6, 6.07) is 1.65. The standard InChI is InChI=1S/C10H12BrNO4.C2H6/c1-14-6-4-5-12-8(9(6)15-2)7(11)10(13)16-3;1-2/h4-5,7H,1-3H3;1-2H3. The van der Waals surface area contributed by atoms with Crippen LogP contribution in [0.2, 0.25) is 0 Å². The summed E-state index contributed by atoms with van der Waals surface area (Å²) in [7, 11) is 4.31. The molecule has 18 heavy (non-hydrogen) atoms. The summed E-state index contributed by atoms with van der Waals surface area (Å²) in [5.74, 6) is 0.484. The van der Waals surface area contributed by atoms with Crippen LogP contribution in [0.5, 0.6) is 11.5 Å². The van der Waals surface area contributed by atoms with E-state index in [0.29, 0.717) is 17.2 Å². The Hall–Kier alpha value is -1.30. The van der Waals surface area contributed by atoms with Gasteiger partial charge in [0.25, 0.3) is 0 Å². The second-order valence-corrected chi connectivity index (χ2v) is 3.73. The Labute approximate surface area is 116 Å². The van der Waals surface area contributed by atoms with Gasteiger partial charge in [-0.05, 0) is 0 Å². The Balaban J connectivity index is 0.00000137. The van der Waals surface area contributed by atoms with E-state index in [9.17, 15) is 4.79 Å². The van der Waals surface area contributed by atoms with Crippen LogP contribution in [0.15, 0.2) is 12.3 Å². The summed E-state index contributed by atoms with van der Waals surface area (Å²) in [6.45, 7) is 4.00. The highest BCUT2D eigenvalue weighted by atomic mass is 79.9. The van der Waals surface area contributed by atoms with Crippen LogP contribution >= 0.6 is 15.9 Å². The fourth-order valence-corrected chi connectivity index (χ4v) is 1.72. The number of carbonyl (C=O) groups excluding carboxylic acids is 1. The van der Waals surface area contributed by atoms with Crippen LogP contribution in [-0.2, 0) is 9.53 Å². The molecule has 1 aromatic heterocycles. The molecule has 1 atom stereocenters. The van der Waals surface area contributed by atoms with Crippen molar-refractivity contribution in [2.45, 2.75) is 18.7 Å². The second kappa shape index (κ2) is 8.74. The summed E-state index contributed by atoms with van der Waals surface area (Å²) in [5.41, 5.74) is 0.425. The zero-order valence-electron chi connectivity index (χ0n) is 11.2. The van der Waals surface area contributed by atoms with E-state index < -0.39 is 10.8 Å². The van der Waals surface area contributed by atoms with E-state index in [2.05, 4.69) is 25.7 Å². The number of hydrogen-bond donors (Lipinski definition) is 0. The first-order valence-electron chi connectivity index (χ1n) is 5.44. The Morgan fingerprint density at radius 2 is 1.89 bits per heavy atom. The number of nitrogens with zero attached hydrogens (tertiary/aromatic N) is 1. The lowest BCUT2D eigenvalue weighted by molar-refractivity contribution is -0.140. The predicted octanol–water partition coefficient (Wildman–Crippen LogP) is 2.73. The van der Waals surface area contributed by atoms with Gasteiger partial charge in [0.1, 0.15) is 5.69 Å². The highest BCUT2D eigenvalue weighted by Gasteiger charge is 2.25. The van der Waals surface area contributed by atoms with E-state index in [1.807, 2.05) is 13.8 Å². The molecule has 6 heteroatoms. The molecular formula is C12H18BrNO4. The topological polar surface area (TPSA) is 57.7 Å². The van der Waals surface area contributed by atoms with Crippen molar-refractivity contribution >= 4 is 21.9 Å². The molecule has 0 fully saturated rings. The maximum Gasteiger partial charge on any atom is 0.325 e. The SMILES string of the molecule is CC.COC(=O)C(Br)c1nccc(OC)c1OC. The summed E-state index contributed by atoms with van der Waals surface area (Å²) in [5, 5.41) is 0. The molecule has 1 unspecified atom stereocenters. The van der Waals surface area contributed by atoms with Crippen LogP contribution < -0.4 is 9.47 Å². The van der Waals surface area contributed by atoms with Crippen molar-refractivity contribution < 1.29 is 19.0 Å². The maximum atomic E-state index is 11.4. The third kappa shape index (κ3) is 3.87. The van der Waals surface area contributed by atoms with E-state index in [0.717, 1.165) is 0 Å². The van der Waals surface area contributed by atoms with Crippen molar-refractivity contribution in [3.63, 3.8) is 0 Å². The van der Waals surface area contributed by atoms with Gasteiger partial charge in [0.15, 0.2) is 16.3 Å². The van der Waals surface area contributed by atoms with E-state index in [4.69, 9.17) is 9.47 Å². The number of hydrogen-bond acceptors (Lipinski definition) is 5. The number of ether oxygens (including phenoxy) is 3. The van der Waals surface area contributed by atoms with E-state index in [1.165, 1.54) is 27.5 Å². The van der Waals surface area contributed by atoms with Gasteiger partial charge in [0, 0.05) is 12.3 Å². The molecule has 0 aliphatic heterocycles. The molecule has 0 radical (unpaired) electrons. The highest BCUT2D eigenvalue weighted by molar-refractivity contribution is 9.09. The van der Waals surface area contributed by atoms with Gasteiger partial charge < -0.3 is 14.2 Å². The number of halogens is 1. The van der Waals surface area contributed by atoms with E-state index >= 15 is 0 Å². The van der Waals surface area contributed by atoms with Gasteiger partial charge in [0.2, 0.25) is 0 Å². The quantitative estimate of drug-likeness (QED) is 0.631. The van der Waals surface area contributed by atoms with Crippen molar-refractivity contribution in [3.05, 3.63) is 18.0 Å². The lowest BCUT2D eigenvalue weighted by Crippen LogP contribution is -2.11. The molecule has 1 rings (SSSR count). The smallest absolute Gasteiger partial charge is 0.325 e. The van der Waals surface area contributed by atoms with Crippen molar-refractivity contribution in [1.29, 1.82) is 0 Å². The van der Waals surface area contributed by atoms with Gasteiger partial charge in [-0.2, -0.15) is 0 Å². The first kappa shape index (κ1) is 16.7. The van der Waals surface area contributed by atoms with Crippen molar-refractivity contribution in [2.75, 3.05) is 21.3 Å². The van der Waals surface area contributed by atoms with Crippen LogP contribution in [0.3, 0.4) is 0 Å². The lowest BCUT2D eigenvalue weighted by Gasteiger charge is -2.13. The molecule has 0 spiro atoms. The van der Waals surface area contributed by atoms with Crippen LogP contribution in [0, 0.1) is 0 Å². The van der Waals surface area contributed by atoms with Gasteiger partial charge in [-0.15, -0.1) is 0 Å². The van der Waals surface area contributed by atoms with Crippen LogP contribution in [0.1, 0.15) is 24.4 Å². The molecule has 0 aliphatic rings. The van der Waals surface area contributed by atoms with Crippen LogP contribution in [-0.4, -0.2) is 32.3 Å². The molecule has 102 valence electrons. The van der Waals surface area contributed by atoms with Gasteiger partial charge >= 0.3 is 5.97 Å². The Kier molecular flexibility index (Phi) is 8.11. The fourth-order valence-electron chi connectivity index (χ4n) is 1.21. The van der Waals surface area contributed by atoms with E-state index in [1.54, 1.807) is 6.07 Å². The first-order valence-corrected chi connectivity index (χ1v) is 6.36. The third-order valence-electron chi connectivity index (χ3n) is 1.97. The summed E-state index contributed by atoms with van der Waals surface area (Å²) < 4.78 is 14.9. The molecule has 0 amide bonds. The van der Waals surface area contributed by atoms with Crippen LogP contribution in [0.4, 0.5) is 0 Å². The van der Waals surface area contributed by atoms with Crippen molar-refractivity contribution in [1.82, 2.24) is 4.98 Å². The highest BCUT2D eigenvalue weighted by Crippen LogP contribution is 2.36. The Morgan fingerprint density at radius 3 is 2.33 bits per heavy atom. The second-order valence-electron chi connectivity index (χ2n) is 2.82. The normalized spacial score (nSPS) is 10.8. The minimum Gasteiger partial charge on any atom is -0.493 e. The molecule has 1 heterocycles. The lowest BCUT2D eigenvalue weighted by atomic mass is 10.2. The van der Waals surface area contributed by atoms with Gasteiger partial charge in [-0.25, -0.2) is 0 Å². The minimum atomic E-state index is -0.678. The number of alkyl halides is 1. The number of rotatable bonds is 4. The number of pyridine rings is 1. The molecule has 0 bridgehead atoms. The zero-order chi connectivity index (χ0) is 14.1. The molecule has 1 aromatic rings. The summed E-state index contributed by atoms with van der Waals surface area (Å²) in [4.78, 5) is 14.8. The third-order valence-corrected chi connectivity index (χ3v) is 2.78. The molecule has 0 N–H and O–H groups in total. The molecule has 0 aliphatic carbocycles. The van der Waals surface area contributed by atoms with E-state index in [-0.39, 0.29) is 0 Å². The summed E-state index contributed by atoms with van der Waals surface area (Å²) in [6.07, 6.45) is 1.54. The number of methoxy groups -OCH3 is 3. The van der Waals surface area contributed by atoms with Crippen LogP contribution in [0.25, 0.3) is 0 Å². The fraction of sp³-hybridized carbons (Fsp3) is 0.500. The molecule has 0 aromatic carbocycles. The number of carbonyl (C=O) groups is 1. The molecule has 0 saturated carbocycles. The predicted molar refractivity (Wildman–Crippen MR) is 72.4 cm³/mol. The molecule has 5 nitrogen and oxygen atoms in total. The van der Waals surface area contributed by atoms with Gasteiger partial charge in [-0.3, -0.25) is 9.78 Å².